The summed E-state index contributed by atoms with van der Waals surface area (Å²) in [5.74, 6) is 0.116. The van der Waals surface area contributed by atoms with Crippen molar-refractivity contribution < 1.29 is 18.0 Å². The number of amides is 1. The Morgan fingerprint density at radius 3 is 2.22 bits per heavy atom. The Kier molecular flexibility index (Phi) is 4.21. The predicted molar refractivity (Wildman–Crippen MR) is 81.8 cm³/mol. The van der Waals surface area contributed by atoms with Gasteiger partial charge < -0.3 is 4.90 Å². The molecule has 1 aromatic rings. The molecule has 0 saturated carbocycles. The van der Waals surface area contributed by atoms with Gasteiger partial charge >= 0.3 is 6.18 Å². The molecule has 0 aromatic heterocycles. The molecule has 3 rings (SSSR count). The molecule has 0 radical (unpaired) electrons. The standard InChI is InChI=1S/C18H20F3NO/c1-12-10-15-7-8-16(11-12)22(15)17(23)9-4-13-2-5-14(6-3-13)18(19,20)21/h2-3,5-6,15-16H,1,4,7-11H2. The van der Waals surface area contributed by atoms with Crippen molar-refractivity contribution in [3.63, 3.8) is 0 Å². The maximum Gasteiger partial charge on any atom is 0.416 e. The zero-order valence-electron chi connectivity index (χ0n) is 12.9. The molecule has 2 aliphatic rings. The number of aryl methyl sites for hydroxylation is 1. The molecule has 124 valence electrons. The Hall–Kier alpha value is -1.78. The van der Waals surface area contributed by atoms with Gasteiger partial charge in [-0.2, -0.15) is 13.2 Å². The molecule has 0 spiro atoms. The molecular weight excluding hydrogens is 303 g/mol. The summed E-state index contributed by atoms with van der Waals surface area (Å²) in [6, 6.07) is 5.64. The number of benzene rings is 1. The van der Waals surface area contributed by atoms with Gasteiger partial charge in [0.05, 0.1) is 5.56 Å². The van der Waals surface area contributed by atoms with Crippen LogP contribution in [0.4, 0.5) is 13.2 Å². The molecule has 1 amide bonds. The molecule has 2 bridgehead atoms. The maximum absolute atomic E-state index is 12.5. The third kappa shape index (κ3) is 3.43. The SMILES string of the molecule is C=C1CC2CCC(C1)N2C(=O)CCc1ccc(C(F)(F)F)cc1. The number of carbonyl (C=O) groups is 1. The van der Waals surface area contributed by atoms with Gasteiger partial charge in [0.2, 0.25) is 5.91 Å². The topological polar surface area (TPSA) is 20.3 Å². The van der Waals surface area contributed by atoms with Crippen LogP contribution in [0.3, 0.4) is 0 Å². The minimum absolute atomic E-state index is 0.116. The number of rotatable bonds is 3. The monoisotopic (exact) mass is 323 g/mol. The van der Waals surface area contributed by atoms with Crippen LogP contribution in [0.25, 0.3) is 0 Å². The number of halogens is 3. The summed E-state index contributed by atoms with van der Waals surface area (Å²) in [7, 11) is 0. The smallest absolute Gasteiger partial charge is 0.336 e. The predicted octanol–water partition coefficient (Wildman–Crippen LogP) is 4.35. The number of alkyl halides is 3. The van der Waals surface area contributed by atoms with Gasteiger partial charge in [-0.3, -0.25) is 4.79 Å². The second-order valence-electron chi connectivity index (χ2n) is 6.54. The molecule has 2 aliphatic heterocycles. The summed E-state index contributed by atoms with van der Waals surface area (Å²) in [6.45, 7) is 4.04. The second kappa shape index (κ2) is 6.02. The third-order valence-corrected chi connectivity index (χ3v) is 4.87. The summed E-state index contributed by atoms with van der Waals surface area (Å²) in [6.07, 6.45) is 0.374. The van der Waals surface area contributed by atoms with Crippen LogP contribution >= 0.6 is 0 Å². The fourth-order valence-electron chi connectivity index (χ4n) is 3.76. The molecule has 2 fully saturated rings. The van der Waals surface area contributed by atoms with E-state index in [0.29, 0.717) is 12.8 Å². The van der Waals surface area contributed by atoms with Crippen LogP contribution in [0.2, 0.25) is 0 Å². The van der Waals surface area contributed by atoms with E-state index in [1.54, 1.807) is 0 Å². The lowest BCUT2D eigenvalue weighted by atomic mass is 9.97. The maximum atomic E-state index is 12.5. The van der Waals surface area contributed by atoms with E-state index in [0.717, 1.165) is 43.4 Å². The van der Waals surface area contributed by atoms with Gasteiger partial charge in [0.1, 0.15) is 0 Å². The van der Waals surface area contributed by atoms with E-state index in [1.807, 2.05) is 4.90 Å². The summed E-state index contributed by atoms with van der Waals surface area (Å²) in [4.78, 5) is 14.5. The lowest BCUT2D eigenvalue weighted by Gasteiger charge is -2.36. The van der Waals surface area contributed by atoms with Crippen molar-refractivity contribution in [1.82, 2.24) is 4.90 Å². The van der Waals surface area contributed by atoms with Crippen LogP contribution < -0.4 is 0 Å². The normalized spacial score (nSPS) is 24.1. The summed E-state index contributed by atoms with van der Waals surface area (Å²) in [5.41, 5.74) is 1.34. The van der Waals surface area contributed by atoms with Crippen molar-refractivity contribution in [2.24, 2.45) is 0 Å². The van der Waals surface area contributed by atoms with Gasteiger partial charge in [0, 0.05) is 18.5 Å². The van der Waals surface area contributed by atoms with E-state index < -0.39 is 11.7 Å². The first kappa shape index (κ1) is 16.1. The molecule has 2 heterocycles. The fraction of sp³-hybridized carbons (Fsp3) is 0.500. The Bertz CT molecular complexity index is 590. The van der Waals surface area contributed by atoms with Crippen LogP contribution in [0.15, 0.2) is 36.4 Å². The lowest BCUT2D eigenvalue weighted by Crippen LogP contribution is -2.44. The van der Waals surface area contributed by atoms with Crippen LogP contribution in [-0.2, 0) is 17.4 Å². The Morgan fingerprint density at radius 2 is 1.70 bits per heavy atom. The van der Waals surface area contributed by atoms with Crippen LogP contribution in [0, 0.1) is 0 Å². The van der Waals surface area contributed by atoms with Gasteiger partial charge in [0.15, 0.2) is 0 Å². The van der Waals surface area contributed by atoms with E-state index >= 15 is 0 Å². The third-order valence-electron chi connectivity index (χ3n) is 4.87. The van der Waals surface area contributed by atoms with E-state index in [2.05, 4.69) is 6.58 Å². The van der Waals surface area contributed by atoms with E-state index in [4.69, 9.17) is 0 Å². The molecule has 0 aliphatic carbocycles. The highest BCUT2D eigenvalue weighted by Crippen LogP contribution is 2.38. The highest BCUT2D eigenvalue weighted by Gasteiger charge is 2.40. The van der Waals surface area contributed by atoms with Crippen molar-refractivity contribution in [2.45, 2.75) is 56.8 Å². The van der Waals surface area contributed by atoms with Gasteiger partial charge in [-0.25, -0.2) is 0 Å². The quantitative estimate of drug-likeness (QED) is 0.758. The van der Waals surface area contributed by atoms with Crippen molar-refractivity contribution in [3.8, 4) is 0 Å². The van der Waals surface area contributed by atoms with Crippen molar-refractivity contribution in [1.29, 1.82) is 0 Å². The number of fused-ring (bicyclic) bond motifs is 2. The lowest BCUT2D eigenvalue weighted by molar-refractivity contribution is -0.137. The summed E-state index contributed by atoms with van der Waals surface area (Å²) in [5, 5.41) is 0. The summed E-state index contributed by atoms with van der Waals surface area (Å²) < 4.78 is 37.6. The molecule has 5 heteroatoms. The number of nitrogens with zero attached hydrogens (tertiary/aromatic N) is 1. The largest absolute Gasteiger partial charge is 0.416 e. The molecule has 2 unspecified atom stereocenters. The van der Waals surface area contributed by atoms with Crippen molar-refractivity contribution in [3.05, 3.63) is 47.5 Å². The van der Waals surface area contributed by atoms with Crippen LogP contribution in [0.5, 0.6) is 0 Å². The fourth-order valence-corrected chi connectivity index (χ4v) is 3.76. The number of hydrogen-bond acceptors (Lipinski definition) is 1. The van der Waals surface area contributed by atoms with Crippen LogP contribution in [-0.4, -0.2) is 22.9 Å². The Labute approximate surface area is 134 Å². The Balaban J connectivity index is 1.58. The second-order valence-corrected chi connectivity index (χ2v) is 6.54. The number of carbonyl (C=O) groups excluding carboxylic acids is 1. The molecular formula is C18H20F3NO. The van der Waals surface area contributed by atoms with Gasteiger partial charge in [-0.1, -0.05) is 24.3 Å². The highest BCUT2D eigenvalue weighted by atomic mass is 19.4. The zero-order chi connectivity index (χ0) is 16.6. The highest BCUT2D eigenvalue weighted by molar-refractivity contribution is 5.78. The number of piperidine rings is 1. The first-order valence-corrected chi connectivity index (χ1v) is 7.98. The van der Waals surface area contributed by atoms with Gasteiger partial charge in [-0.05, 0) is 49.8 Å². The zero-order valence-corrected chi connectivity index (χ0v) is 12.9. The van der Waals surface area contributed by atoms with E-state index in [9.17, 15) is 18.0 Å². The average molecular weight is 323 g/mol. The number of hydrogen-bond donors (Lipinski definition) is 0. The molecule has 0 N–H and O–H groups in total. The van der Waals surface area contributed by atoms with E-state index in [-0.39, 0.29) is 18.0 Å². The van der Waals surface area contributed by atoms with E-state index in [1.165, 1.54) is 17.7 Å². The first-order valence-electron chi connectivity index (χ1n) is 7.98. The minimum Gasteiger partial charge on any atom is -0.336 e. The van der Waals surface area contributed by atoms with Crippen molar-refractivity contribution >= 4 is 5.91 Å². The molecule has 2 nitrogen and oxygen atoms in total. The first-order chi connectivity index (χ1) is 10.8. The molecule has 1 aromatic carbocycles. The Morgan fingerprint density at radius 1 is 1.13 bits per heavy atom. The van der Waals surface area contributed by atoms with Gasteiger partial charge in [-0.15, -0.1) is 0 Å². The average Bonchev–Trinajstić information content (AvgIpc) is 2.76. The van der Waals surface area contributed by atoms with Gasteiger partial charge in [0.25, 0.3) is 0 Å². The van der Waals surface area contributed by atoms with Crippen molar-refractivity contribution in [2.75, 3.05) is 0 Å². The van der Waals surface area contributed by atoms with Crippen LogP contribution in [0.1, 0.15) is 43.2 Å². The summed E-state index contributed by atoms with van der Waals surface area (Å²) >= 11 is 0. The molecule has 2 saturated heterocycles. The molecule has 2 atom stereocenters. The minimum atomic E-state index is -4.32. The molecule has 23 heavy (non-hydrogen) atoms.